The molecule has 0 radical (unpaired) electrons. The van der Waals surface area contributed by atoms with E-state index in [1.54, 1.807) is 25.1 Å². The van der Waals surface area contributed by atoms with Crippen molar-refractivity contribution in [3.8, 4) is 11.5 Å². The molecule has 0 saturated carbocycles. The predicted octanol–water partition coefficient (Wildman–Crippen LogP) is 3.08. The average Bonchev–Trinajstić information content (AvgIpc) is 2.98. The maximum Gasteiger partial charge on any atom is 0.284 e. The lowest BCUT2D eigenvalue weighted by Crippen LogP contribution is -2.42. The summed E-state index contributed by atoms with van der Waals surface area (Å²) in [5, 5.41) is 4.07. The summed E-state index contributed by atoms with van der Waals surface area (Å²) in [7, 11) is 0. The molecule has 2 heterocycles. The Kier molecular flexibility index (Phi) is 4.31. The minimum absolute atomic E-state index is 0.155. The van der Waals surface area contributed by atoms with Gasteiger partial charge >= 0.3 is 0 Å². The van der Waals surface area contributed by atoms with Crippen LogP contribution in [-0.4, -0.2) is 24.3 Å². The van der Waals surface area contributed by atoms with Crippen LogP contribution in [0.4, 0.5) is 0 Å². The highest BCUT2D eigenvalue weighted by Crippen LogP contribution is 2.30. The van der Waals surface area contributed by atoms with Gasteiger partial charge in [0.2, 0.25) is 6.10 Å². The highest BCUT2D eigenvalue weighted by molar-refractivity contribution is 7.18. The Morgan fingerprint density at radius 3 is 2.82 bits per heavy atom. The Hall–Kier alpha value is -2.05. The van der Waals surface area contributed by atoms with Gasteiger partial charge in [-0.1, -0.05) is 23.7 Å². The number of rotatable bonds is 3. The van der Waals surface area contributed by atoms with Crippen LogP contribution in [0.3, 0.4) is 0 Å². The molecule has 114 valence electrons. The van der Waals surface area contributed by atoms with Gasteiger partial charge in [-0.2, -0.15) is 5.10 Å². The number of hydrazone groups is 1. The first-order valence-corrected chi connectivity index (χ1v) is 7.81. The second-order valence-electron chi connectivity index (χ2n) is 4.64. The number of nitrogens with one attached hydrogen (secondary N) is 1. The number of carbonyl (C=O) groups excluding carboxylic acids is 1. The van der Waals surface area contributed by atoms with Gasteiger partial charge in [0.05, 0.1) is 14.9 Å². The zero-order valence-corrected chi connectivity index (χ0v) is 13.3. The Balaban J connectivity index is 1.63. The van der Waals surface area contributed by atoms with Crippen molar-refractivity contribution in [2.45, 2.75) is 13.0 Å². The molecule has 0 bridgehead atoms. The third-order valence-electron chi connectivity index (χ3n) is 3.06. The van der Waals surface area contributed by atoms with Crippen molar-refractivity contribution in [3.05, 3.63) is 45.6 Å². The van der Waals surface area contributed by atoms with E-state index in [2.05, 4.69) is 10.5 Å². The first kappa shape index (κ1) is 14.9. The monoisotopic (exact) mass is 336 g/mol. The summed E-state index contributed by atoms with van der Waals surface area (Å²) in [5.74, 6) is 0.843. The smallest absolute Gasteiger partial charge is 0.284 e. The molecule has 1 aliphatic heterocycles. The normalized spacial score (nSPS) is 17.2. The van der Waals surface area contributed by atoms with Crippen molar-refractivity contribution >= 4 is 34.6 Å². The van der Waals surface area contributed by atoms with Gasteiger partial charge in [0.25, 0.3) is 5.91 Å². The molecule has 5 nitrogen and oxygen atoms in total. The van der Waals surface area contributed by atoms with E-state index in [9.17, 15) is 4.79 Å². The Morgan fingerprint density at radius 1 is 1.32 bits per heavy atom. The maximum absolute atomic E-state index is 12.1. The molecule has 1 aromatic carbocycles. The summed E-state index contributed by atoms with van der Waals surface area (Å²) in [6.45, 7) is 1.96. The molecular weight excluding hydrogens is 324 g/mol. The highest BCUT2D eigenvalue weighted by Gasteiger charge is 2.27. The minimum atomic E-state index is -0.724. The van der Waals surface area contributed by atoms with E-state index in [-0.39, 0.29) is 12.5 Å². The molecule has 0 saturated heterocycles. The molecular formula is C15H13ClN2O3S. The molecule has 3 rings (SSSR count). The molecule has 1 aliphatic rings. The number of carbonyl (C=O) groups is 1. The number of benzene rings is 1. The lowest BCUT2D eigenvalue weighted by Gasteiger charge is -2.24. The lowest BCUT2D eigenvalue weighted by atomic mass is 10.2. The molecule has 1 aromatic heterocycles. The van der Waals surface area contributed by atoms with Crippen LogP contribution >= 0.6 is 22.9 Å². The lowest BCUT2D eigenvalue weighted by molar-refractivity contribution is -0.130. The zero-order valence-electron chi connectivity index (χ0n) is 11.7. The molecule has 1 N–H and O–H groups in total. The van der Waals surface area contributed by atoms with E-state index in [0.29, 0.717) is 21.5 Å². The minimum Gasteiger partial charge on any atom is -0.485 e. The van der Waals surface area contributed by atoms with Gasteiger partial charge < -0.3 is 9.47 Å². The number of para-hydroxylation sites is 2. The predicted molar refractivity (Wildman–Crippen MR) is 86.0 cm³/mol. The van der Waals surface area contributed by atoms with E-state index in [1.807, 2.05) is 18.2 Å². The van der Waals surface area contributed by atoms with Gasteiger partial charge in [0.15, 0.2) is 11.5 Å². The number of hydrogen-bond acceptors (Lipinski definition) is 5. The summed E-state index contributed by atoms with van der Waals surface area (Å²) < 4.78 is 11.8. The van der Waals surface area contributed by atoms with Crippen LogP contribution in [-0.2, 0) is 4.79 Å². The largest absolute Gasteiger partial charge is 0.485 e. The van der Waals surface area contributed by atoms with Crippen LogP contribution < -0.4 is 14.9 Å². The van der Waals surface area contributed by atoms with E-state index in [0.717, 1.165) is 4.88 Å². The van der Waals surface area contributed by atoms with Gasteiger partial charge in [0, 0.05) is 0 Å². The summed E-state index contributed by atoms with van der Waals surface area (Å²) >= 11 is 7.28. The van der Waals surface area contributed by atoms with Crippen molar-refractivity contribution < 1.29 is 14.3 Å². The van der Waals surface area contributed by atoms with Gasteiger partial charge in [-0.05, 0) is 31.2 Å². The first-order chi connectivity index (χ1) is 10.6. The van der Waals surface area contributed by atoms with Crippen molar-refractivity contribution in [1.29, 1.82) is 0 Å². The molecule has 0 fully saturated rings. The van der Waals surface area contributed by atoms with Gasteiger partial charge in [-0.3, -0.25) is 4.79 Å². The maximum atomic E-state index is 12.1. The highest BCUT2D eigenvalue weighted by atomic mass is 35.5. The molecule has 1 amide bonds. The SMILES string of the molecule is C/C(=N\NC(=O)C1COc2ccccc2O1)c1ccc(Cl)s1. The fourth-order valence-electron chi connectivity index (χ4n) is 1.92. The number of nitrogens with zero attached hydrogens (tertiary/aromatic N) is 1. The van der Waals surface area contributed by atoms with Gasteiger partial charge in [-0.15, -0.1) is 11.3 Å². The number of ether oxygens (including phenoxy) is 2. The van der Waals surface area contributed by atoms with Crippen LogP contribution in [0, 0.1) is 0 Å². The molecule has 0 spiro atoms. The number of fused-ring (bicyclic) bond motifs is 1. The first-order valence-electron chi connectivity index (χ1n) is 6.62. The number of hydrogen-bond donors (Lipinski definition) is 1. The fourth-order valence-corrected chi connectivity index (χ4v) is 2.91. The van der Waals surface area contributed by atoms with Gasteiger partial charge in [0.1, 0.15) is 6.61 Å². The Morgan fingerprint density at radius 2 is 2.09 bits per heavy atom. The van der Waals surface area contributed by atoms with Crippen molar-refractivity contribution in [1.82, 2.24) is 5.43 Å². The average molecular weight is 337 g/mol. The van der Waals surface area contributed by atoms with E-state index in [1.165, 1.54) is 11.3 Å². The third-order valence-corrected chi connectivity index (χ3v) is 4.40. The second kappa shape index (κ2) is 6.37. The number of amides is 1. The van der Waals surface area contributed by atoms with Crippen LogP contribution in [0.25, 0.3) is 0 Å². The molecule has 2 aromatic rings. The van der Waals surface area contributed by atoms with Crippen LogP contribution in [0.15, 0.2) is 41.5 Å². The molecule has 1 unspecified atom stereocenters. The van der Waals surface area contributed by atoms with Crippen LogP contribution in [0.5, 0.6) is 11.5 Å². The summed E-state index contributed by atoms with van der Waals surface area (Å²) in [6, 6.07) is 10.9. The standard InChI is InChI=1S/C15H13ClN2O3S/c1-9(13-6-7-14(16)22-13)17-18-15(19)12-8-20-10-4-2-3-5-11(10)21-12/h2-7,12H,8H2,1H3,(H,18,19)/b17-9+. The van der Waals surface area contributed by atoms with E-state index in [4.69, 9.17) is 21.1 Å². The summed E-state index contributed by atoms with van der Waals surface area (Å²) in [6.07, 6.45) is -0.724. The van der Waals surface area contributed by atoms with Crippen molar-refractivity contribution in [2.75, 3.05) is 6.61 Å². The van der Waals surface area contributed by atoms with E-state index >= 15 is 0 Å². The molecule has 22 heavy (non-hydrogen) atoms. The van der Waals surface area contributed by atoms with Gasteiger partial charge in [-0.25, -0.2) is 5.43 Å². The fraction of sp³-hybridized carbons (Fsp3) is 0.200. The number of halogens is 1. The molecule has 1 atom stereocenters. The van der Waals surface area contributed by atoms with E-state index < -0.39 is 6.10 Å². The second-order valence-corrected chi connectivity index (χ2v) is 6.36. The zero-order chi connectivity index (χ0) is 15.5. The topological polar surface area (TPSA) is 59.9 Å². The summed E-state index contributed by atoms with van der Waals surface area (Å²) in [4.78, 5) is 13.0. The number of thiophene rings is 1. The molecule has 0 aliphatic carbocycles. The van der Waals surface area contributed by atoms with Crippen molar-refractivity contribution in [3.63, 3.8) is 0 Å². The Labute approximate surface area is 136 Å². The third kappa shape index (κ3) is 3.23. The summed E-state index contributed by atoms with van der Waals surface area (Å²) in [5.41, 5.74) is 3.18. The van der Waals surface area contributed by atoms with Crippen LogP contribution in [0.1, 0.15) is 11.8 Å². The quantitative estimate of drug-likeness (QED) is 0.692. The Bertz CT molecular complexity index is 729. The van der Waals surface area contributed by atoms with Crippen molar-refractivity contribution in [2.24, 2.45) is 5.10 Å². The van der Waals surface area contributed by atoms with Crippen LogP contribution in [0.2, 0.25) is 4.34 Å². The molecule has 7 heteroatoms.